The first kappa shape index (κ1) is 23.7. The van der Waals surface area contributed by atoms with E-state index in [1.165, 1.54) is 25.7 Å². The average molecular weight is 459 g/mol. The summed E-state index contributed by atoms with van der Waals surface area (Å²) in [5.41, 5.74) is 0.304. The molecule has 5 aliphatic carbocycles. The SMILES string of the molecule is CC(=O)O[C@H]1CC[C@]2(C)C3CCC4[C@H]5CCC[C@]5(C(=O)O)CC[C@@]4(C)[C@]3(C)CC[C@H]2C1(C)C. The van der Waals surface area contributed by atoms with Crippen molar-refractivity contribution in [2.24, 2.45) is 50.7 Å². The van der Waals surface area contributed by atoms with Crippen LogP contribution in [-0.2, 0) is 14.3 Å². The molecule has 0 aromatic rings. The van der Waals surface area contributed by atoms with E-state index in [0.29, 0.717) is 23.7 Å². The van der Waals surface area contributed by atoms with E-state index < -0.39 is 11.4 Å². The minimum atomic E-state index is -0.513. The van der Waals surface area contributed by atoms with Gasteiger partial charge in [-0.15, -0.1) is 0 Å². The van der Waals surface area contributed by atoms with Crippen LogP contribution >= 0.6 is 0 Å². The maximum Gasteiger partial charge on any atom is 0.309 e. The highest BCUT2D eigenvalue weighted by Gasteiger charge is 2.71. The number of esters is 1. The Bertz CT molecular complexity index is 849. The number of aliphatic carboxylic acids is 1. The molecular formula is C29H46O4. The van der Waals surface area contributed by atoms with Crippen molar-refractivity contribution in [2.45, 2.75) is 118 Å². The lowest BCUT2D eigenvalue weighted by molar-refractivity contribution is -0.248. The van der Waals surface area contributed by atoms with E-state index in [9.17, 15) is 14.7 Å². The van der Waals surface area contributed by atoms with E-state index in [1.807, 2.05) is 0 Å². The molecule has 5 saturated carbocycles. The molecule has 0 spiro atoms. The Kier molecular flexibility index (Phi) is 5.19. The average Bonchev–Trinajstić information content (AvgIpc) is 3.16. The normalized spacial score (nSPS) is 52.6. The molecule has 0 saturated heterocycles. The lowest BCUT2D eigenvalue weighted by atomic mass is 9.32. The summed E-state index contributed by atoms with van der Waals surface area (Å²) in [4.78, 5) is 24.3. The van der Waals surface area contributed by atoms with Gasteiger partial charge in [0.25, 0.3) is 0 Å². The fourth-order valence-corrected chi connectivity index (χ4v) is 11.3. The second-order valence-corrected chi connectivity index (χ2v) is 14.1. The van der Waals surface area contributed by atoms with Gasteiger partial charge in [0.15, 0.2) is 0 Å². The highest BCUT2D eigenvalue weighted by molar-refractivity contribution is 5.76. The van der Waals surface area contributed by atoms with Crippen molar-refractivity contribution < 1.29 is 19.4 Å². The van der Waals surface area contributed by atoms with Crippen LogP contribution in [0.25, 0.3) is 0 Å². The number of rotatable bonds is 2. The van der Waals surface area contributed by atoms with Gasteiger partial charge in [0.2, 0.25) is 0 Å². The Morgan fingerprint density at radius 2 is 1.48 bits per heavy atom. The van der Waals surface area contributed by atoms with Gasteiger partial charge in [-0.25, -0.2) is 0 Å². The molecule has 9 atom stereocenters. The Morgan fingerprint density at radius 3 is 2.15 bits per heavy atom. The molecule has 0 aromatic carbocycles. The van der Waals surface area contributed by atoms with E-state index in [0.717, 1.165) is 44.9 Å². The third-order valence-corrected chi connectivity index (χ3v) is 13.0. The fourth-order valence-electron chi connectivity index (χ4n) is 11.3. The maximum absolute atomic E-state index is 12.5. The van der Waals surface area contributed by atoms with Gasteiger partial charge in [-0.3, -0.25) is 9.59 Å². The fraction of sp³-hybridized carbons (Fsp3) is 0.931. The van der Waals surface area contributed by atoms with Gasteiger partial charge >= 0.3 is 11.9 Å². The number of hydrogen-bond acceptors (Lipinski definition) is 3. The number of ether oxygens (including phenoxy) is 1. The van der Waals surface area contributed by atoms with Crippen LogP contribution in [0.3, 0.4) is 0 Å². The molecule has 5 rings (SSSR count). The summed E-state index contributed by atoms with van der Waals surface area (Å²) < 4.78 is 5.85. The van der Waals surface area contributed by atoms with Gasteiger partial charge in [0.1, 0.15) is 6.10 Å². The van der Waals surface area contributed by atoms with Crippen LogP contribution in [0.4, 0.5) is 0 Å². The lowest BCUT2D eigenvalue weighted by Gasteiger charge is -2.72. The molecule has 0 radical (unpaired) electrons. The second-order valence-electron chi connectivity index (χ2n) is 14.1. The number of carboxylic acid groups (broad SMARTS) is 1. The molecule has 0 aromatic heterocycles. The zero-order valence-electron chi connectivity index (χ0n) is 21.8. The summed E-state index contributed by atoms with van der Waals surface area (Å²) in [6, 6.07) is 0. The molecule has 4 heteroatoms. The summed E-state index contributed by atoms with van der Waals surface area (Å²) in [7, 11) is 0. The number of carbonyl (C=O) groups excluding carboxylic acids is 1. The van der Waals surface area contributed by atoms with Crippen LogP contribution in [-0.4, -0.2) is 23.1 Å². The predicted octanol–water partition coefficient (Wildman–Crippen LogP) is 6.86. The van der Waals surface area contributed by atoms with Gasteiger partial charge in [-0.05, 0) is 104 Å². The summed E-state index contributed by atoms with van der Waals surface area (Å²) in [5, 5.41) is 10.3. The van der Waals surface area contributed by atoms with Crippen molar-refractivity contribution in [1.82, 2.24) is 0 Å². The standard InChI is InChI=1S/C29H46O4/c1-18(30)33-23-12-14-26(4)21(25(23,2)3)11-15-28(6)22(26)10-9-19-20-8-7-13-29(20,24(31)32)17-16-27(19,28)5/h19-23H,7-17H2,1-6H3,(H,31,32)/t19?,20-,21+,22?,23+,26+,27-,28-,29+/m1/s1. The zero-order valence-corrected chi connectivity index (χ0v) is 21.8. The Hall–Kier alpha value is -1.06. The Morgan fingerprint density at radius 1 is 0.758 bits per heavy atom. The highest BCUT2D eigenvalue weighted by atomic mass is 16.5. The molecule has 1 N–H and O–H groups in total. The van der Waals surface area contributed by atoms with Gasteiger partial charge < -0.3 is 9.84 Å². The van der Waals surface area contributed by atoms with Crippen molar-refractivity contribution in [3.63, 3.8) is 0 Å². The summed E-state index contributed by atoms with van der Waals surface area (Å²) in [6.45, 7) is 14.0. The van der Waals surface area contributed by atoms with Crippen molar-refractivity contribution in [1.29, 1.82) is 0 Å². The summed E-state index contributed by atoms with van der Waals surface area (Å²) in [6.07, 6.45) is 12.1. The highest BCUT2D eigenvalue weighted by Crippen LogP contribution is 2.76. The molecule has 0 bridgehead atoms. The molecule has 33 heavy (non-hydrogen) atoms. The molecule has 0 amide bonds. The molecule has 186 valence electrons. The van der Waals surface area contributed by atoms with Crippen LogP contribution in [0.2, 0.25) is 0 Å². The third kappa shape index (κ3) is 2.87. The number of carboxylic acids is 1. The molecule has 5 fully saturated rings. The van der Waals surface area contributed by atoms with E-state index in [1.54, 1.807) is 6.92 Å². The Balaban J connectivity index is 1.49. The van der Waals surface area contributed by atoms with Crippen molar-refractivity contribution in [2.75, 3.05) is 0 Å². The third-order valence-electron chi connectivity index (χ3n) is 13.0. The first-order valence-electron chi connectivity index (χ1n) is 13.7. The van der Waals surface area contributed by atoms with Crippen LogP contribution in [0, 0.1) is 50.7 Å². The minimum absolute atomic E-state index is 0.00572. The largest absolute Gasteiger partial charge is 0.481 e. The van der Waals surface area contributed by atoms with Crippen molar-refractivity contribution >= 4 is 11.9 Å². The van der Waals surface area contributed by atoms with E-state index in [-0.39, 0.29) is 33.7 Å². The first-order chi connectivity index (χ1) is 15.3. The summed E-state index contributed by atoms with van der Waals surface area (Å²) >= 11 is 0. The molecule has 5 aliphatic rings. The zero-order chi connectivity index (χ0) is 24.0. The van der Waals surface area contributed by atoms with Crippen molar-refractivity contribution in [3.05, 3.63) is 0 Å². The molecular weight excluding hydrogens is 412 g/mol. The number of fused-ring (bicyclic) bond motifs is 7. The van der Waals surface area contributed by atoms with Crippen LogP contribution < -0.4 is 0 Å². The Labute approximate surface area is 200 Å². The smallest absolute Gasteiger partial charge is 0.309 e. The van der Waals surface area contributed by atoms with E-state index >= 15 is 0 Å². The lowest BCUT2D eigenvalue weighted by Crippen LogP contribution is -2.66. The maximum atomic E-state index is 12.5. The van der Waals surface area contributed by atoms with E-state index in [4.69, 9.17) is 4.74 Å². The van der Waals surface area contributed by atoms with Gasteiger partial charge in [-0.1, -0.05) is 41.0 Å². The molecule has 0 aliphatic heterocycles. The number of hydrogen-bond donors (Lipinski definition) is 1. The first-order valence-corrected chi connectivity index (χ1v) is 13.7. The quantitative estimate of drug-likeness (QED) is 0.459. The summed E-state index contributed by atoms with van der Waals surface area (Å²) in [5.74, 6) is 1.49. The van der Waals surface area contributed by atoms with Crippen LogP contribution in [0.15, 0.2) is 0 Å². The van der Waals surface area contributed by atoms with Gasteiger partial charge in [0, 0.05) is 12.3 Å². The molecule has 2 unspecified atom stereocenters. The second kappa shape index (κ2) is 7.23. The topological polar surface area (TPSA) is 63.6 Å². The molecule has 4 nitrogen and oxygen atoms in total. The molecule has 0 heterocycles. The van der Waals surface area contributed by atoms with Crippen LogP contribution in [0.5, 0.6) is 0 Å². The number of carbonyl (C=O) groups is 2. The van der Waals surface area contributed by atoms with Gasteiger partial charge in [-0.2, -0.15) is 0 Å². The predicted molar refractivity (Wildman–Crippen MR) is 128 cm³/mol. The van der Waals surface area contributed by atoms with Crippen molar-refractivity contribution in [3.8, 4) is 0 Å². The van der Waals surface area contributed by atoms with Gasteiger partial charge in [0.05, 0.1) is 5.41 Å². The van der Waals surface area contributed by atoms with Crippen LogP contribution in [0.1, 0.15) is 112 Å². The minimum Gasteiger partial charge on any atom is -0.481 e. The van der Waals surface area contributed by atoms with E-state index in [2.05, 4.69) is 34.6 Å². The monoisotopic (exact) mass is 458 g/mol.